The summed E-state index contributed by atoms with van der Waals surface area (Å²) in [6.07, 6.45) is 0. The van der Waals surface area contributed by atoms with Gasteiger partial charge >= 0.3 is 53.5 Å². The summed E-state index contributed by atoms with van der Waals surface area (Å²) in [5.74, 6) is 0. The molecule has 0 spiro atoms. The predicted octanol–water partition coefficient (Wildman–Crippen LogP) is 0.276. The van der Waals surface area contributed by atoms with Crippen LogP contribution < -0.4 is 0 Å². The molecule has 0 aliphatic carbocycles. The zero-order valence-electron chi connectivity index (χ0n) is 16.6. The molecular formula is C9H28O11Si6. The van der Waals surface area contributed by atoms with Gasteiger partial charge in [-0.05, 0) is 0 Å². The molecule has 0 amide bonds. The van der Waals surface area contributed by atoms with E-state index in [0.29, 0.717) is 0 Å². The van der Waals surface area contributed by atoms with Crippen molar-refractivity contribution in [2.45, 2.75) is 32.7 Å². The molecule has 2 bridgehead atoms. The summed E-state index contributed by atoms with van der Waals surface area (Å²) in [5, 5.41) is 0. The Kier molecular flexibility index (Phi) is 7.07. The van der Waals surface area contributed by atoms with Crippen LogP contribution in [-0.2, 0) is 46.5 Å². The maximum absolute atomic E-state index is 6.28. The second-order valence-electron chi connectivity index (χ2n) is 6.21. The van der Waals surface area contributed by atoms with Gasteiger partial charge in [0.1, 0.15) is 0 Å². The lowest BCUT2D eigenvalue weighted by molar-refractivity contribution is 0.0223. The lowest BCUT2D eigenvalue weighted by Crippen LogP contribution is -2.77. The summed E-state index contributed by atoms with van der Waals surface area (Å²) in [5.41, 5.74) is 0. The van der Waals surface area contributed by atoms with Crippen LogP contribution in [0, 0.1) is 0 Å². The molecule has 5 unspecified atom stereocenters. The van der Waals surface area contributed by atoms with Crippen LogP contribution >= 0.6 is 0 Å². The van der Waals surface area contributed by atoms with Gasteiger partial charge in [0.15, 0.2) is 0 Å². The third-order valence-electron chi connectivity index (χ3n) is 3.66. The second-order valence-corrected chi connectivity index (χ2v) is 23.0. The monoisotopic (exact) mass is 480 g/mol. The summed E-state index contributed by atoms with van der Waals surface area (Å²) >= 11 is 0. The molecule has 0 aromatic carbocycles. The Morgan fingerprint density at radius 3 is 1.31 bits per heavy atom. The second kappa shape index (κ2) is 7.94. The standard InChI is InChI=1S/C9H28O11Si6/c1-10-21(11-2)14-24(7)15-22(5,12-3)16-25(8)17-23(6,13-4)18-26(9,19-24)20-25/h21H,1-9H3. The highest BCUT2D eigenvalue weighted by molar-refractivity contribution is 6.95. The molecule has 2 saturated heterocycles. The van der Waals surface area contributed by atoms with E-state index >= 15 is 0 Å². The number of fused-ring (bicyclic) bond motifs is 2. The Morgan fingerprint density at radius 1 is 0.538 bits per heavy atom. The molecule has 26 heavy (non-hydrogen) atoms. The van der Waals surface area contributed by atoms with Crippen LogP contribution in [0.2, 0.25) is 32.7 Å². The highest BCUT2D eigenvalue weighted by atomic mass is 28.6. The summed E-state index contributed by atoms with van der Waals surface area (Å²) in [7, 11) is -12.5. The summed E-state index contributed by atoms with van der Waals surface area (Å²) in [6, 6.07) is 0. The van der Waals surface area contributed by atoms with Gasteiger partial charge < -0.3 is 46.5 Å². The van der Waals surface area contributed by atoms with Gasteiger partial charge in [-0.1, -0.05) is 0 Å². The van der Waals surface area contributed by atoms with Crippen LogP contribution in [0.15, 0.2) is 0 Å². The maximum atomic E-state index is 6.28. The predicted molar refractivity (Wildman–Crippen MR) is 101 cm³/mol. The van der Waals surface area contributed by atoms with Gasteiger partial charge in [0.2, 0.25) is 0 Å². The van der Waals surface area contributed by atoms with E-state index in [1.807, 2.05) is 0 Å². The Bertz CT molecular complexity index is 517. The van der Waals surface area contributed by atoms with E-state index in [4.69, 9.17) is 46.5 Å². The molecule has 2 fully saturated rings. The highest BCUT2D eigenvalue weighted by Crippen LogP contribution is 2.39. The fourth-order valence-corrected chi connectivity index (χ4v) is 28.8. The van der Waals surface area contributed by atoms with Crippen LogP contribution in [0.25, 0.3) is 0 Å². The first-order valence-corrected chi connectivity index (χ1v) is 20.4. The molecule has 0 radical (unpaired) electrons. The van der Waals surface area contributed by atoms with Gasteiger partial charge in [-0.3, -0.25) is 0 Å². The largest absolute Gasteiger partial charge is 0.482 e. The minimum Gasteiger partial charge on any atom is -0.380 e. The van der Waals surface area contributed by atoms with Gasteiger partial charge in [0.05, 0.1) is 0 Å². The average molecular weight is 481 g/mol. The lowest BCUT2D eigenvalue weighted by atomic mass is 11.8. The molecule has 2 aliphatic rings. The van der Waals surface area contributed by atoms with Crippen LogP contribution in [-0.4, -0.2) is 82.0 Å². The van der Waals surface area contributed by atoms with Crippen molar-refractivity contribution in [3.8, 4) is 0 Å². The molecule has 0 aromatic rings. The van der Waals surface area contributed by atoms with Gasteiger partial charge in [0.25, 0.3) is 0 Å². The third kappa shape index (κ3) is 5.26. The summed E-state index contributed by atoms with van der Waals surface area (Å²) in [6.45, 7) is 8.73. The number of rotatable bonds is 6. The van der Waals surface area contributed by atoms with Crippen molar-refractivity contribution < 1.29 is 46.5 Å². The van der Waals surface area contributed by atoms with Crippen molar-refractivity contribution in [2.75, 3.05) is 28.4 Å². The third-order valence-corrected chi connectivity index (χ3v) is 26.2. The zero-order chi connectivity index (χ0) is 19.9. The van der Waals surface area contributed by atoms with E-state index in [2.05, 4.69) is 0 Å². The molecule has 2 heterocycles. The van der Waals surface area contributed by atoms with Crippen LogP contribution in [0.3, 0.4) is 0 Å². The fraction of sp³-hybridized carbons (Fsp3) is 1.00. The molecule has 17 heteroatoms. The first-order chi connectivity index (χ1) is 11.9. The molecule has 0 N–H and O–H groups in total. The fourth-order valence-electron chi connectivity index (χ4n) is 2.79. The van der Waals surface area contributed by atoms with Crippen molar-refractivity contribution in [3.63, 3.8) is 0 Å². The SMILES string of the molecule is CO[SiH](OC)O[Si]1(C)O[Si](C)(OC)O[Si]2(C)O[Si](C)(OC)O[Si](C)(O1)O2. The van der Waals surface area contributed by atoms with Crippen molar-refractivity contribution in [1.29, 1.82) is 0 Å². The maximum Gasteiger partial charge on any atom is 0.482 e. The van der Waals surface area contributed by atoms with E-state index < -0.39 is 53.5 Å². The number of hydrogen-bond acceptors (Lipinski definition) is 11. The molecule has 2 aliphatic heterocycles. The highest BCUT2D eigenvalue weighted by Gasteiger charge is 2.69. The Morgan fingerprint density at radius 2 is 0.923 bits per heavy atom. The molecular weight excluding hydrogens is 453 g/mol. The van der Waals surface area contributed by atoms with E-state index in [1.54, 1.807) is 32.7 Å². The number of hydrogen-bond donors (Lipinski definition) is 0. The molecule has 2 rings (SSSR count). The van der Waals surface area contributed by atoms with Crippen molar-refractivity contribution >= 4 is 53.5 Å². The summed E-state index contributed by atoms with van der Waals surface area (Å²) < 4.78 is 64.5. The zero-order valence-corrected chi connectivity index (χ0v) is 22.7. The minimum atomic E-state index is -3.37. The Labute approximate surface area is 161 Å². The van der Waals surface area contributed by atoms with E-state index in [0.717, 1.165) is 0 Å². The van der Waals surface area contributed by atoms with Crippen LogP contribution in [0.4, 0.5) is 0 Å². The summed E-state index contributed by atoms with van der Waals surface area (Å²) in [4.78, 5) is 0. The van der Waals surface area contributed by atoms with E-state index in [-0.39, 0.29) is 0 Å². The average Bonchev–Trinajstić information content (AvgIpc) is 2.49. The first kappa shape index (κ1) is 23.1. The van der Waals surface area contributed by atoms with Crippen molar-refractivity contribution in [2.24, 2.45) is 0 Å². The minimum absolute atomic E-state index is 1.50. The smallest absolute Gasteiger partial charge is 0.380 e. The normalized spacial score (nSPS) is 46.8. The van der Waals surface area contributed by atoms with E-state index in [9.17, 15) is 0 Å². The molecule has 11 nitrogen and oxygen atoms in total. The lowest BCUT2D eigenvalue weighted by Gasteiger charge is -2.52. The van der Waals surface area contributed by atoms with Crippen molar-refractivity contribution in [3.05, 3.63) is 0 Å². The van der Waals surface area contributed by atoms with Crippen LogP contribution in [0.1, 0.15) is 0 Å². The Balaban J connectivity index is 2.43. The van der Waals surface area contributed by atoms with E-state index in [1.165, 1.54) is 28.4 Å². The molecule has 0 saturated carbocycles. The van der Waals surface area contributed by atoms with Gasteiger partial charge in [-0.15, -0.1) is 0 Å². The van der Waals surface area contributed by atoms with Crippen molar-refractivity contribution in [1.82, 2.24) is 0 Å². The van der Waals surface area contributed by atoms with Gasteiger partial charge in [-0.2, -0.15) is 0 Å². The quantitative estimate of drug-likeness (QED) is 0.490. The molecule has 0 aromatic heterocycles. The topological polar surface area (TPSA) is 102 Å². The van der Waals surface area contributed by atoms with Gasteiger partial charge in [0, 0.05) is 61.2 Å². The van der Waals surface area contributed by atoms with Gasteiger partial charge in [-0.25, -0.2) is 0 Å². The van der Waals surface area contributed by atoms with Crippen LogP contribution in [0.5, 0.6) is 0 Å². The molecule has 5 atom stereocenters. The Hall–Kier alpha value is 0.861. The molecule has 154 valence electrons. The first-order valence-electron chi connectivity index (χ1n) is 7.90.